The predicted molar refractivity (Wildman–Crippen MR) is 132 cm³/mol. The van der Waals surface area contributed by atoms with E-state index in [1.165, 1.54) is 11.8 Å². The molecule has 7 heteroatoms. The number of para-hydroxylation sites is 1. The average Bonchev–Trinajstić information content (AvgIpc) is 3.45. The first-order valence-electron chi connectivity index (χ1n) is 10.6. The topological polar surface area (TPSA) is 72.9 Å². The Bertz CT molecular complexity index is 1420. The molecule has 0 aliphatic heterocycles. The van der Waals surface area contributed by atoms with E-state index in [9.17, 15) is 4.79 Å². The van der Waals surface area contributed by atoms with Crippen molar-refractivity contribution in [2.45, 2.75) is 24.3 Å². The molecule has 5 aromatic rings. The van der Waals surface area contributed by atoms with Crippen LogP contribution in [0.25, 0.3) is 27.8 Å². The van der Waals surface area contributed by atoms with Crippen molar-refractivity contribution in [3.63, 3.8) is 0 Å². The fourth-order valence-corrected chi connectivity index (χ4v) is 4.54. The van der Waals surface area contributed by atoms with Gasteiger partial charge in [-0.05, 0) is 55.0 Å². The van der Waals surface area contributed by atoms with E-state index in [0.29, 0.717) is 11.0 Å². The summed E-state index contributed by atoms with van der Waals surface area (Å²) in [5.74, 6) is 1.34. The second-order valence-corrected chi connectivity index (χ2v) is 8.99. The number of nitrogens with one attached hydrogen (secondary N) is 1. The maximum atomic E-state index is 13.0. The molecular formula is C26H22N4O2S. The number of amides is 1. The largest absolute Gasteiger partial charge is 0.469 e. The summed E-state index contributed by atoms with van der Waals surface area (Å²) >= 11 is 1.37. The van der Waals surface area contributed by atoms with Gasteiger partial charge in [0.1, 0.15) is 5.76 Å². The number of hydrogen-bond acceptors (Lipinski definition) is 5. The van der Waals surface area contributed by atoms with Crippen LogP contribution in [0.1, 0.15) is 12.7 Å². The SMILES string of the molecule is Cc1occc1-c1nnc(SC(C)C(=O)Nc2ccc3ccccc3c2)n1-c1ccccc1. The Labute approximate surface area is 195 Å². The van der Waals surface area contributed by atoms with Crippen LogP contribution in [-0.2, 0) is 4.79 Å². The molecule has 3 aromatic carbocycles. The van der Waals surface area contributed by atoms with Crippen LogP contribution in [0.2, 0.25) is 0 Å². The van der Waals surface area contributed by atoms with E-state index in [2.05, 4.69) is 21.6 Å². The van der Waals surface area contributed by atoms with Crippen molar-refractivity contribution in [1.82, 2.24) is 14.8 Å². The highest BCUT2D eigenvalue weighted by Crippen LogP contribution is 2.32. The van der Waals surface area contributed by atoms with Crippen LogP contribution in [0.5, 0.6) is 0 Å². The Morgan fingerprint density at radius 3 is 2.48 bits per heavy atom. The highest BCUT2D eigenvalue weighted by Gasteiger charge is 2.23. The summed E-state index contributed by atoms with van der Waals surface area (Å²) in [6, 6.07) is 25.7. The van der Waals surface area contributed by atoms with Gasteiger partial charge in [0, 0.05) is 11.4 Å². The standard InChI is InChI=1S/C26H22N4O2S/c1-17-23(14-15-32-17)24-28-29-26(30(24)22-10-4-3-5-11-22)33-18(2)25(31)27-21-13-12-19-8-6-7-9-20(19)16-21/h3-16,18H,1-2H3,(H,27,31). The zero-order valence-electron chi connectivity index (χ0n) is 18.2. The molecule has 0 aliphatic carbocycles. The van der Waals surface area contributed by atoms with Gasteiger partial charge in [-0.3, -0.25) is 9.36 Å². The molecule has 0 spiro atoms. The van der Waals surface area contributed by atoms with Crippen molar-refractivity contribution in [3.05, 3.63) is 90.9 Å². The molecule has 2 heterocycles. The zero-order valence-corrected chi connectivity index (χ0v) is 19.0. The lowest BCUT2D eigenvalue weighted by molar-refractivity contribution is -0.115. The molecule has 0 saturated heterocycles. The molecule has 1 atom stereocenters. The van der Waals surface area contributed by atoms with Gasteiger partial charge in [0.2, 0.25) is 5.91 Å². The summed E-state index contributed by atoms with van der Waals surface area (Å²) in [6.07, 6.45) is 1.64. The number of aryl methyl sites for hydroxylation is 1. The second-order valence-electron chi connectivity index (χ2n) is 7.68. The average molecular weight is 455 g/mol. The second kappa shape index (κ2) is 8.96. The number of aromatic nitrogens is 3. The number of fused-ring (bicyclic) bond motifs is 1. The fourth-order valence-electron chi connectivity index (χ4n) is 3.67. The lowest BCUT2D eigenvalue weighted by atomic mass is 10.1. The van der Waals surface area contributed by atoms with E-state index in [4.69, 9.17) is 4.42 Å². The minimum atomic E-state index is -0.388. The van der Waals surface area contributed by atoms with Gasteiger partial charge in [-0.1, -0.05) is 60.3 Å². The van der Waals surface area contributed by atoms with Gasteiger partial charge in [-0.25, -0.2) is 0 Å². The Balaban J connectivity index is 1.41. The number of rotatable bonds is 6. The van der Waals surface area contributed by atoms with Crippen LogP contribution in [0.3, 0.4) is 0 Å². The van der Waals surface area contributed by atoms with Gasteiger partial charge >= 0.3 is 0 Å². The Kier molecular flexibility index (Phi) is 5.71. The molecule has 0 fully saturated rings. The summed E-state index contributed by atoms with van der Waals surface area (Å²) in [6.45, 7) is 3.76. The van der Waals surface area contributed by atoms with Crippen LogP contribution in [0.4, 0.5) is 5.69 Å². The number of carbonyl (C=O) groups is 1. The predicted octanol–water partition coefficient (Wildman–Crippen LogP) is 6.11. The first-order valence-corrected chi connectivity index (χ1v) is 11.5. The Hall–Kier alpha value is -3.84. The minimum Gasteiger partial charge on any atom is -0.469 e. The van der Waals surface area contributed by atoms with Gasteiger partial charge in [-0.2, -0.15) is 0 Å². The van der Waals surface area contributed by atoms with Crippen molar-refractivity contribution >= 4 is 34.1 Å². The van der Waals surface area contributed by atoms with Crippen molar-refractivity contribution < 1.29 is 9.21 Å². The molecule has 1 N–H and O–H groups in total. The van der Waals surface area contributed by atoms with E-state index in [1.807, 2.05) is 91.2 Å². The smallest absolute Gasteiger partial charge is 0.237 e. The van der Waals surface area contributed by atoms with Crippen LogP contribution in [0, 0.1) is 6.92 Å². The van der Waals surface area contributed by atoms with Gasteiger partial charge in [0.05, 0.1) is 17.1 Å². The highest BCUT2D eigenvalue weighted by atomic mass is 32.2. The molecule has 5 rings (SSSR count). The van der Waals surface area contributed by atoms with Gasteiger partial charge in [0.25, 0.3) is 0 Å². The molecule has 2 aromatic heterocycles. The molecular weight excluding hydrogens is 432 g/mol. The first kappa shape index (κ1) is 21.0. The van der Waals surface area contributed by atoms with Crippen LogP contribution < -0.4 is 5.32 Å². The minimum absolute atomic E-state index is 0.0982. The summed E-state index contributed by atoms with van der Waals surface area (Å²) in [5.41, 5.74) is 2.56. The van der Waals surface area contributed by atoms with Crippen molar-refractivity contribution in [2.75, 3.05) is 5.32 Å². The number of hydrogen-bond donors (Lipinski definition) is 1. The number of benzene rings is 3. The number of thioether (sulfide) groups is 1. The molecule has 0 aliphatic rings. The van der Waals surface area contributed by atoms with Crippen molar-refractivity contribution in [3.8, 4) is 17.1 Å². The quantitative estimate of drug-likeness (QED) is 0.314. The normalized spacial score (nSPS) is 12.1. The summed E-state index contributed by atoms with van der Waals surface area (Å²) < 4.78 is 7.44. The summed E-state index contributed by atoms with van der Waals surface area (Å²) in [4.78, 5) is 13.0. The van der Waals surface area contributed by atoms with E-state index in [1.54, 1.807) is 6.26 Å². The molecule has 1 unspecified atom stereocenters. The van der Waals surface area contributed by atoms with Gasteiger partial charge in [-0.15, -0.1) is 10.2 Å². The summed E-state index contributed by atoms with van der Waals surface area (Å²) in [5, 5.41) is 14.3. The molecule has 1 amide bonds. The third kappa shape index (κ3) is 4.27. The third-order valence-electron chi connectivity index (χ3n) is 5.42. The van der Waals surface area contributed by atoms with E-state index >= 15 is 0 Å². The van der Waals surface area contributed by atoms with Gasteiger partial charge < -0.3 is 9.73 Å². The van der Waals surface area contributed by atoms with Crippen LogP contribution in [0.15, 0.2) is 94.7 Å². The highest BCUT2D eigenvalue weighted by molar-refractivity contribution is 8.00. The molecule has 6 nitrogen and oxygen atoms in total. The van der Waals surface area contributed by atoms with E-state index in [-0.39, 0.29) is 11.2 Å². The number of nitrogens with zero attached hydrogens (tertiary/aromatic N) is 3. The number of carbonyl (C=O) groups excluding carboxylic acids is 1. The Morgan fingerprint density at radius 1 is 0.970 bits per heavy atom. The van der Waals surface area contributed by atoms with Crippen LogP contribution in [-0.4, -0.2) is 25.9 Å². The van der Waals surface area contributed by atoms with Crippen molar-refractivity contribution in [2.24, 2.45) is 0 Å². The fraction of sp³-hybridized carbons (Fsp3) is 0.115. The first-order chi connectivity index (χ1) is 16.1. The number of anilines is 1. The van der Waals surface area contributed by atoms with Crippen molar-refractivity contribution in [1.29, 1.82) is 0 Å². The molecule has 164 valence electrons. The van der Waals surface area contributed by atoms with E-state index in [0.717, 1.165) is 33.5 Å². The lowest BCUT2D eigenvalue weighted by Gasteiger charge is -2.14. The monoisotopic (exact) mass is 454 g/mol. The van der Waals surface area contributed by atoms with E-state index < -0.39 is 0 Å². The molecule has 0 bridgehead atoms. The maximum absolute atomic E-state index is 13.0. The molecule has 0 radical (unpaired) electrons. The zero-order chi connectivity index (χ0) is 22.8. The van der Waals surface area contributed by atoms with Crippen LogP contribution >= 0.6 is 11.8 Å². The third-order valence-corrected chi connectivity index (χ3v) is 6.46. The summed E-state index contributed by atoms with van der Waals surface area (Å²) in [7, 11) is 0. The van der Waals surface area contributed by atoms with Gasteiger partial charge in [0.15, 0.2) is 11.0 Å². The molecule has 33 heavy (non-hydrogen) atoms. The Morgan fingerprint density at radius 2 is 1.73 bits per heavy atom. The molecule has 0 saturated carbocycles. The maximum Gasteiger partial charge on any atom is 0.237 e. The number of furan rings is 1. The lowest BCUT2D eigenvalue weighted by Crippen LogP contribution is -2.22.